The summed E-state index contributed by atoms with van der Waals surface area (Å²) in [7, 11) is 0. The van der Waals surface area contributed by atoms with Crippen molar-refractivity contribution >= 4 is 5.57 Å². The van der Waals surface area contributed by atoms with Gasteiger partial charge in [-0.15, -0.1) is 0 Å². The number of hydrogen-bond acceptors (Lipinski definition) is 3. The molecule has 0 fully saturated rings. The standard InChI is InChI=1S/C8H7N3/c9-4-8(5-10)7-2-1-3-11-6-7/h1-4,6H,9H2. The average molecular weight is 145 g/mol. The maximum Gasteiger partial charge on any atom is 0.101 e. The van der Waals surface area contributed by atoms with Gasteiger partial charge in [-0.3, -0.25) is 4.98 Å². The third-order valence-corrected chi connectivity index (χ3v) is 1.26. The van der Waals surface area contributed by atoms with E-state index in [1.54, 1.807) is 24.5 Å². The van der Waals surface area contributed by atoms with Gasteiger partial charge < -0.3 is 5.73 Å². The normalized spacial score (nSPS) is 10.6. The Kier molecular flexibility index (Phi) is 2.24. The van der Waals surface area contributed by atoms with Crippen LogP contribution in [0.3, 0.4) is 0 Å². The zero-order chi connectivity index (χ0) is 8.10. The van der Waals surface area contributed by atoms with Crippen LogP contribution in [0, 0.1) is 11.3 Å². The van der Waals surface area contributed by atoms with E-state index in [1.807, 2.05) is 6.07 Å². The van der Waals surface area contributed by atoms with Crippen LogP contribution in [0.15, 0.2) is 30.7 Å². The van der Waals surface area contributed by atoms with E-state index in [-0.39, 0.29) is 0 Å². The number of allylic oxidation sites excluding steroid dienone is 1. The van der Waals surface area contributed by atoms with Crippen molar-refractivity contribution in [3.8, 4) is 6.07 Å². The van der Waals surface area contributed by atoms with Gasteiger partial charge in [-0.2, -0.15) is 5.26 Å². The van der Waals surface area contributed by atoms with Gasteiger partial charge in [0.2, 0.25) is 0 Å². The summed E-state index contributed by atoms with van der Waals surface area (Å²) in [6.07, 6.45) is 4.52. The first-order valence-electron chi connectivity index (χ1n) is 3.11. The summed E-state index contributed by atoms with van der Waals surface area (Å²) >= 11 is 0. The molecule has 1 aromatic rings. The molecule has 0 aliphatic carbocycles. The van der Waals surface area contributed by atoms with Crippen LogP contribution in [0.4, 0.5) is 0 Å². The number of nitrogens with zero attached hydrogens (tertiary/aromatic N) is 2. The van der Waals surface area contributed by atoms with E-state index in [0.29, 0.717) is 5.57 Å². The largest absolute Gasteiger partial charge is 0.404 e. The van der Waals surface area contributed by atoms with Gasteiger partial charge >= 0.3 is 0 Å². The molecule has 0 radical (unpaired) electrons. The van der Waals surface area contributed by atoms with Crippen molar-refractivity contribution in [1.82, 2.24) is 4.98 Å². The van der Waals surface area contributed by atoms with Crippen molar-refractivity contribution in [3.63, 3.8) is 0 Å². The highest BCUT2D eigenvalue weighted by atomic mass is 14.6. The summed E-state index contributed by atoms with van der Waals surface area (Å²) in [5, 5.41) is 8.55. The fourth-order valence-electron chi connectivity index (χ4n) is 0.720. The van der Waals surface area contributed by atoms with Crippen LogP contribution in [-0.4, -0.2) is 4.98 Å². The van der Waals surface area contributed by atoms with Crippen molar-refractivity contribution in [2.75, 3.05) is 0 Å². The minimum Gasteiger partial charge on any atom is -0.404 e. The average Bonchev–Trinajstić information content (AvgIpc) is 2.09. The van der Waals surface area contributed by atoms with Gasteiger partial charge in [-0.25, -0.2) is 0 Å². The predicted molar refractivity (Wildman–Crippen MR) is 42.0 cm³/mol. The highest BCUT2D eigenvalue weighted by Crippen LogP contribution is 2.08. The molecule has 0 saturated heterocycles. The Balaban J connectivity index is 3.05. The van der Waals surface area contributed by atoms with E-state index >= 15 is 0 Å². The van der Waals surface area contributed by atoms with Crippen molar-refractivity contribution in [3.05, 3.63) is 36.3 Å². The first kappa shape index (κ1) is 7.29. The quantitative estimate of drug-likeness (QED) is 0.597. The topological polar surface area (TPSA) is 62.7 Å². The van der Waals surface area contributed by atoms with Crippen LogP contribution in [0.2, 0.25) is 0 Å². The summed E-state index contributed by atoms with van der Waals surface area (Å²) < 4.78 is 0. The molecule has 0 amide bonds. The first-order chi connectivity index (χ1) is 5.38. The van der Waals surface area contributed by atoms with E-state index in [0.717, 1.165) is 5.56 Å². The fraction of sp³-hybridized carbons (Fsp3) is 0. The first-order valence-corrected chi connectivity index (χ1v) is 3.11. The minimum atomic E-state index is 0.443. The van der Waals surface area contributed by atoms with Gasteiger partial charge in [-0.1, -0.05) is 6.07 Å². The molecule has 1 rings (SSSR count). The fourth-order valence-corrected chi connectivity index (χ4v) is 0.720. The van der Waals surface area contributed by atoms with Gasteiger partial charge in [0.05, 0.1) is 5.57 Å². The number of nitriles is 1. The lowest BCUT2D eigenvalue weighted by Gasteiger charge is -1.93. The summed E-state index contributed by atoms with van der Waals surface area (Å²) in [5.41, 5.74) is 6.39. The smallest absolute Gasteiger partial charge is 0.101 e. The zero-order valence-corrected chi connectivity index (χ0v) is 5.86. The lowest BCUT2D eigenvalue weighted by atomic mass is 10.1. The molecular formula is C8H7N3. The van der Waals surface area contributed by atoms with E-state index in [1.165, 1.54) is 6.20 Å². The molecule has 0 atom stereocenters. The highest BCUT2D eigenvalue weighted by Gasteiger charge is 1.96. The zero-order valence-electron chi connectivity index (χ0n) is 5.86. The second-order valence-electron chi connectivity index (χ2n) is 1.93. The molecule has 1 aromatic heterocycles. The lowest BCUT2D eigenvalue weighted by molar-refractivity contribution is 1.31. The Labute approximate surface area is 64.8 Å². The molecule has 3 heteroatoms. The third-order valence-electron chi connectivity index (χ3n) is 1.26. The van der Waals surface area contributed by atoms with Crippen molar-refractivity contribution in [1.29, 1.82) is 5.26 Å². The monoisotopic (exact) mass is 145 g/mol. The van der Waals surface area contributed by atoms with Crippen LogP contribution in [0.1, 0.15) is 5.56 Å². The molecule has 0 aromatic carbocycles. The van der Waals surface area contributed by atoms with Crippen molar-refractivity contribution in [2.24, 2.45) is 5.73 Å². The second kappa shape index (κ2) is 3.37. The van der Waals surface area contributed by atoms with Gasteiger partial charge in [0, 0.05) is 24.2 Å². The Morgan fingerprint density at radius 2 is 2.55 bits per heavy atom. The SMILES string of the molecule is N#CC(=CN)c1cccnc1. The molecule has 0 saturated carbocycles. The molecule has 0 bridgehead atoms. The second-order valence-corrected chi connectivity index (χ2v) is 1.93. The molecule has 0 spiro atoms. The third kappa shape index (κ3) is 1.55. The molecule has 0 unspecified atom stereocenters. The summed E-state index contributed by atoms with van der Waals surface area (Å²) in [5.74, 6) is 0. The number of aromatic nitrogens is 1. The summed E-state index contributed by atoms with van der Waals surface area (Å²) in [6.45, 7) is 0. The molecule has 54 valence electrons. The molecule has 0 aliphatic heterocycles. The molecule has 0 aliphatic rings. The van der Waals surface area contributed by atoms with E-state index in [9.17, 15) is 0 Å². The van der Waals surface area contributed by atoms with Gasteiger partial charge in [-0.05, 0) is 6.07 Å². The van der Waals surface area contributed by atoms with Crippen molar-refractivity contribution < 1.29 is 0 Å². The molecule has 1 heterocycles. The predicted octanol–water partition coefficient (Wildman–Crippen LogP) is 0.905. The van der Waals surface area contributed by atoms with Crippen LogP contribution in [0.25, 0.3) is 5.57 Å². The van der Waals surface area contributed by atoms with Crippen LogP contribution in [0.5, 0.6) is 0 Å². The van der Waals surface area contributed by atoms with Gasteiger partial charge in [0.15, 0.2) is 0 Å². The molecule has 2 N–H and O–H groups in total. The van der Waals surface area contributed by atoms with Crippen LogP contribution in [-0.2, 0) is 0 Å². The van der Waals surface area contributed by atoms with Crippen LogP contribution >= 0.6 is 0 Å². The van der Waals surface area contributed by atoms with E-state index < -0.39 is 0 Å². The highest BCUT2D eigenvalue weighted by molar-refractivity contribution is 5.75. The summed E-state index contributed by atoms with van der Waals surface area (Å²) in [4.78, 5) is 3.85. The number of nitrogens with two attached hydrogens (primary N) is 1. The Bertz CT molecular complexity index is 295. The molecule has 11 heavy (non-hydrogen) atoms. The number of hydrogen-bond donors (Lipinski definition) is 1. The number of pyridine rings is 1. The van der Waals surface area contributed by atoms with E-state index in [2.05, 4.69) is 4.98 Å². The van der Waals surface area contributed by atoms with Crippen molar-refractivity contribution in [2.45, 2.75) is 0 Å². The van der Waals surface area contributed by atoms with E-state index in [4.69, 9.17) is 11.0 Å². The van der Waals surface area contributed by atoms with Gasteiger partial charge in [0.25, 0.3) is 0 Å². The molecular weight excluding hydrogens is 138 g/mol. The minimum absolute atomic E-state index is 0.443. The lowest BCUT2D eigenvalue weighted by Crippen LogP contribution is -1.87. The Morgan fingerprint density at radius 1 is 1.73 bits per heavy atom. The summed E-state index contributed by atoms with van der Waals surface area (Å²) in [6, 6.07) is 5.51. The maximum absolute atomic E-state index is 8.55. The van der Waals surface area contributed by atoms with Gasteiger partial charge in [0.1, 0.15) is 6.07 Å². The molecule has 3 nitrogen and oxygen atoms in total. The Morgan fingerprint density at radius 3 is 3.00 bits per heavy atom. The number of rotatable bonds is 1. The maximum atomic E-state index is 8.55. The Hall–Kier alpha value is -1.82. The van der Waals surface area contributed by atoms with Crippen LogP contribution < -0.4 is 5.73 Å².